The molecule has 0 aromatic rings. The summed E-state index contributed by atoms with van der Waals surface area (Å²) in [4.78, 5) is 10.9. The largest absolute Gasteiger partial charge is 0.355 e. The van der Waals surface area contributed by atoms with Crippen LogP contribution in [0, 0.1) is 0 Å². The Bertz CT molecular complexity index is 117. The number of halogens is 1. The van der Waals surface area contributed by atoms with Gasteiger partial charge in [-0.05, 0) is 19.8 Å². The highest BCUT2D eigenvalue weighted by Crippen LogP contribution is 1.91. The molecule has 0 unspecified atom stereocenters. The summed E-state index contributed by atoms with van der Waals surface area (Å²) in [6, 6.07) is -0.390. The summed E-state index contributed by atoms with van der Waals surface area (Å²) < 4.78 is 0. The molecule has 0 rings (SSSR count). The van der Waals surface area contributed by atoms with E-state index in [-0.39, 0.29) is 11.9 Å². The van der Waals surface area contributed by atoms with Crippen molar-refractivity contribution in [2.45, 2.75) is 25.8 Å². The third kappa shape index (κ3) is 6.31. The number of nitrogens with one attached hydrogen (secondary N) is 1. The third-order valence-electron chi connectivity index (χ3n) is 1.27. The standard InChI is InChI=1S/C7H15BrN2O/c1-6(9)7(11)10-5-3-2-4-8/h6H,2-5,9H2,1H3,(H,10,11)/t6-/m0/s1. The van der Waals surface area contributed by atoms with Crippen LogP contribution in [0.2, 0.25) is 0 Å². The van der Waals surface area contributed by atoms with Crippen molar-refractivity contribution in [1.82, 2.24) is 5.32 Å². The Balaban J connectivity index is 3.18. The molecule has 0 saturated heterocycles. The molecule has 3 nitrogen and oxygen atoms in total. The Morgan fingerprint density at radius 1 is 1.64 bits per heavy atom. The van der Waals surface area contributed by atoms with Crippen molar-refractivity contribution < 1.29 is 4.79 Å². The molecule has 0 aliphatic rings. The van der Waals surface area contributed by atoms with Gasteiger partial charge < -0.3 is 11.1 Å². The molecule has 1 atom stereocenters. The van der Waals surface area contributed by atoms with Gasteiger partial charge in [0.25, 0.3) is 0 Å². The van der Waals surface area contributed by atoms with Crippen LogP contribution in [0.25, 0.3) is 0 Å². The van der Waals surface area contributed by atoms with Crippen molar-refractivity contribution in [3.05, 3.63) is 0 Å². The first-order chi connectivity index (χ1) is 5.18. The second kappa shape index (κ2) is 6.61. The van der Waals surface area contributed by atoms with Gasteiger partial charge in [-0.2, -0.15) is 0 Å². The summed E-state index contributed by atoms with van der Waals surface area (Å²) in [5, 5.41) is 3.72. The first kappa shape index (κ1) is 10.9. The van der Waals surface area contributed by atoms with Crippen LogP contribution in [-0.2, 0) is 4.79 Å². The van der Waals surface area contributed by atoms with E-state index < -0.39 is 0 Å². The van der Waals surface area contributed by atoms with Crippen molar-refractivity contribution in [2.24, 2.45) is 5.73 Å². The van der Waals surface area contributed by atoms with Crippen LogP contribution < -0.4 is 11.1 Å². The summed E-state index contributed by atoms with van der Waals surface area (Å²) in [5.41, 5.74) is 5.33. The van der Waals surface area contributed by atoms with E-state index in [0.717, 1.165) is 24.7 Å². The van der Waals surface area contributed by atoms with Gasteiger partial charge in [-0.3, -0.25) is 4.79 Å². The molecule has 0 saturated carbocycles. The van der Waals surface area contributed by atoms with Crippen LogP contribution >= 0.6 is 15.9 Å². The number of nitrogens with two attached hydrogens (primary N) is 1. The molecule has 0 aromatic carbocycles. The lowest BCUT2D eigenvalue weighted by atomic mass is 10.3. The summed E-state index contributed by atoms with van der Waals surface area (Å²) >= 11 is 3.31. The lowest BCUT2D eigenvalue weighted by molar-refractivity contribution is -0.121. The zero-order valence-electron chi connectivity index (χ0n) is 6.77. The van der Waals surface area contributed by atoms with Gasteiger partial charge in [0, 0.05) is 11.9 Å². The Morgan fingerprint density at radius 3 is 2.73 bits per heavy atom. The number of hydrogen-bond donors (Lipinski definition) is 2. The molecular formula is C7H15BrN2O. The molecule has 0 heterocycles. The van der Waals surface area contributed by atoms with E-state index >= 15 is 0 Å². The molecule has 4 heteroatoms. The van der Waals surface area contributed by atoms with Crippen LogP contribution in [0.15, 0.2) is 0 Å². The second-order valence-electron chi connectivity index (χ2n) is 2.48. The molecule has 0 bridgehead atoms. The molecule has 0 radical (unpaired) electrons. The zero-order chi connectivity index (χ0) is 8.69. The number of unbranched alkanes of at least 4 members (excludes halogenated alkanes) is 1. The molecule has 1 amide bonds. The number of carbonyl (C=O) groups is 1. The molecule has 11 heavy (non-hydrogen) atoms. The molecule has 0 fully saturated rings. The molecular weight excluding hydrogens is 208 g/mol. The number of carbonyl (C=O) groups excluding carboxylic acids is 1. The molecule has 0 spiro atoms. The maximum Gasteiger partial charge on any atom is 0.236 e. The van der Waals surface area contributed by atoms with Gasteiger partial charge >= 0.3 is 0 Å². The maximum atomic E-state index is 10.9. The molecule has 0 aromatic heterocycles. The first-order valence-electron chi connectivity index (χ1n) is 3.77. The van der Waals surface area contributed by atoms with E-state index in [1.807, 2.05) is 0 Å². The lowest BCUT2D eigenvalue weighted by Crippen LogP contribution is -2.38. The van der Waals surface area contributed by atoms with Gasteiger partial charge in [-0.1, -0.05) is 15.9 Å². The highest BCUT2D eigenvalue weighted by Gasteiger charge is 2.04. The van der Waals surface area contributed by atoms with Crippen LogP contribution in [0.3, 0.4) is 0 Å². The highest BCUT2D eigenvalue weighted by atomic mass is 79.9. The van der Waals surface area contributed by atoms with Crippen LogP contribution in [0.1, 0.15) is 19.8 Å². The molecule has 0 aliphatic heterocycles. The van der Waals surface area contributed by atoms with Crippen molar-refractivity contribution in [2.75, 3.05) is 11.9 Å². The SMILES string of the molecule is C[C@H](N)C(=O)NCCCCBr. The highest BCUT2D eigenvalue weighted by molar-refractivity contribution is 9.09. The van der Waals surface area contributed by atoms with Crippen molar-refractivity contribution >= 4 is 21.8 Å². The number of rotatable bonds is 5. The van der Waals surface area contributed by atoms with Crippen LogP contribution in [0.5, 0.6) is 0 Å². The van der Waals surface area contributed by atoms with Gasteiger partial charge in [0.15, 0.2) is 0 Å². The average molecular weight is 223 g/mol. The van der Waals surface area contributed by atoms with Crippen molar-refractivity contribution in [3.63, 3.8) is 0 Å². The number of alkyl halides is 1. The van der Waals surface area contributed by atoms with E-state index in [4.69, 9.17) is 5.73 Å². The Kier molecular flexibility index (Phi) is 6.56. The Morgan fingerprint density at radius 2 is 2.27 bits per heavy atom. The summed E-state index contributed by atoms with van der Waals surface area (Å²) in [5.74, 6) is -0.0698. The first-order valence-corrected chi connectivity index (χ1v) is 4.90. The fraction of sp³-hybridized carbons (Fsp3) is 0.857. The minimum Gasteiger partial charge on any atom is -0.355 e. The van der Waals surface area contributed by atoms with Crippen molar-refractivity contribution in [1.29, 1.82) is 0 Å². The monoisotopic (exact) mass is 222 g/mol. The van der Waals surface area contributed by atoms with Crippen LogP contribution in [0.4, 0.5) is 0 Å². The Hall–Kier alpha value is -0.0900. The zero-order valence-corrected chi connectivity index (χ0v) is 8.36. The van der Waals surface area contributed by atoms with Crippen LogP contribution in [-0.4, -0.2) is 23.8 Å². The fourth-order valence-electron chi connectivity index (χ4n) is 0.592. The normalized spacial score (nSPS) is 12.6. The second-order valence-corrected chi connectivity index (χ2v) is 3.27. The van der Waals surface area contributed by atoms with Gasteiger partial charge in [0.05, 0.1) is 6.04 Å². The summed E-state index contributed by atoms with van der Waals surface area (Å²) in [7, 11) is 0. The maximum absolute atomic E-state index is 10.9. The summed E-state index contributed by atoms with van der Waals surface area (Å²) in [6.07, 6.45) is 2.09. The number of hydrogen-bond acceptors (Lipinski definition) is 2. The third-order valence-corrected chi connectivity index (χ3v) is 1.83. The van der Waals surface area contributed by atoms with Gasteiger partial charge in [-0.15, -0.1) is 0 Å². The van der Waals surface area contributed by atoms with E-state index in [1.165, 1.54) is 0 Å². The van der Waals surface area contributed by atoms with Crippen molar-refractivity contribution in [3.8, 4) is 0 Å². The fourth-order valence-corrected chi connectivity index (χ4v) is 0.989. The number of amides is 1. The van der Waals surface area contributed by atoms with E-state index in [0.29, 0.717) is 0 Å². The van der Waals surface area contributed by atoms with Gasteiger partial charge in [0.2, 0.25) is 5.91 Å². The molecule has 0 aliphatic carbocycles. The van der Waals surface area contributed by atoms with E-state index in [1.54, 1.807) is 6.92 Å². The average Bonchev–Trinajstić information content (AvgIpc) is 1.97. The predicted molar refractivity (Wildman–Crippen MR) is 49.7 cm³/mol. The minimum atomic E-state index is -0.390. The summed E-state index contributed by atoms with van der Waals surface area (Å²) in [6.45, 7) is 2.41. The molecule has 66 valence electrons. The topological polar surface area (TPSA) is 55.1 Å². The molecule has 3 N–H and O–H groups in total. The van der Waals surface area contributed by atoms with Gasteiger partial charge in [0.1, 0.15) is 0 Å². The smallest absolute Gasteiger partial charge is 0.236 e. The lowest BCUT2D eigenvalue weighted by Gasteiger charge is -2.06. The predicted octanol–water partition coefficient (Wildman–Crippen LogP) is 0.625. The van der Waals surface area contributed by atoms with Gasteiger partial charge in [-0.25, -0.2) is 0 Å². The quantitative estimate of drug-likeness (QED) is 0.530. The minimum absolute atomic E-state index is 0.0698. The van der Waals surface area contributed by atoms with E-state index in [9.17, 15) is 4.79 Å². The Labute approximate surface area is 75.8 Å². The van der Waals surface area contributed by atoms with E-state index in [2.05, 4.69) is 21.2 Å².